The van der Waals surface area contributed by atoms with Crippen molar-refractivity contribution >= 4 is 33.4 Å². The molecule has 22 heavy (non-hydrogen) atoms. The van der Waals surface area contributed by atoms with Gasteiger partial charge in [-0.15, -0.1) is 0 Å². The molecule has 4 rings (SSSR count). The summed E-state index contributed by atoms with van der Waals surface area (Å²) in [6.07, 6.45) is 3.52. The Kier molecular flexibility index (Phi) is 2.74. The Morgan fingerprint density at radius 3 is 2.45 bits per heavy atom. The standard InChI is InChI=1S/C16H14BrNO4/c1-15-6-7-16(8-19,22-15)12-11(15)13(20)18(14(12)21)10-4-2-9(17)3-5-10/h2-7,11-12,19H,8H2,1H3/t11-,12+,15-,16-/m1/s1. The number of rotatable bonds is 2. The number of carbonyl (C=O) groups is 2. The van der Waals surface area contributed by atoms with Crippen LogP contribution in [0.5, 0.6) is 0 Å². The molecule has 3 aliphatic heterocycles. The number of amides is 2. The van der Waals surface area contributed by atoms with Crippen LogP contribution in [0.3, 0.4) is 0 Å². The van der Waals surface area contributed by atoms with Crippen molar-refractivity contribution in [2.24, 2.45) is 11.8 Å². The first-order valence-electron chi connectivity index (χ1n) is 7.07. The SMILES string of the molecule is C[C@]12C=C[C@](CO)(O1)[C@@H]1C(=O)N(c3ccc(Br)cc3)C(=O)[C@@H]12. The first kappa shape index (κ1) is 14.1. The van der Waals surface area contributed by atoms with Crippen LogP contribution in [0, 0.1) is 11.8 Å². The number of aliphatic hydroxyl groups is 1. The van der Waals surface area contributed by atoms with Crippen molar-refractivity contribution in [3.05, 3.63) is 40.9 Å². The van der Waals surface area contributed by atoms with Gasteiger partial charge in [0.05, 0.1) is 29.7 Å². The Morgan fingerprint density at radius 2 is 1.82 bits per heavy atom. The monoisotopic (exact) mass is 363 g/mol. The van der Waals surface area contributed by atoms with Gasteiger partial charge in [0.1, 0.15) is 5.60 Å². The molecule has 0 aromatic heterocycles. The van der Waals surface area contributed by atoms with Crippen LogP contribution in [0.1, 0.15) is 6.92 Å². The Balaban J connectivity index is 1.80. The molecule has 0 unspecified atom stereocenters. The third-order valence-electron chi connectivity index (χ3n) is 4.89. The van der Waals surface area contributed by atoms with E-state index < -0.39 is 23.0 Å². The number of hydrogen-bond donors (Lipinski definition) is 1. The molecular formula is C16H14BrNO4. The minimum absolute atomic E-state index is 0.264. The summed E-state index contributed by atoms with van der Waals surface area (Å²) in [5, 5.41) is 9.74. The molecular weight excluding hydrogens is 350 g/mol. The zero-order valence-electron chi connectivity index (χ0n) is 11.8. The van der Waals surface area contributed by atoms with E-state index >= 15 is 0 Å². The first-order valence-corrected chi connectivity index (χ1v) is 7.86. The van der Waals surface area contributed by atoms with Gasteiger partial charge in [-0.25, -0.2) is 4.90 Å². The van der Waals surface area contributed by atoms with Crippen molar-refractivity contribution in [3.8, 4) is 0 Å². The molecule has 2 saturated heterocycles. The minimum atomic E-state index is -1.07. The van der Waals surface area contributed by atoms with E-state index in [4.69, 9.17) is 4.74 Å². The topological polar surface area (TPSA) is 66.8 Å². The largest absolute Gasteiger partial charge is 0.393 e. The molecule has 3 heterocycles. The summed E-state index contributed by atoms with van der Waals surface area (Å²) >= 11 is 3.34. The Bertz CT molecular complexity index is 715. The van der Waals surface area contributed by atoms with Crippen LogP contribution in [-0.4, -0.2) is 34.7 Å². The summed E-state index contributed by atoms with van der Waals surface area (Å²) in [6, 6.07) is 7.03. The van der Waals surface area contributed by atoms with Gasteiger partial charge in [0.2, 0.25) is 11.8 Å². The molecule has 1 aromatic carbocycles. The average Bonchev–Trinajstić information content (AvgIpc) is 3.07. The zero-order valence-corrected chi connectivity index (χ0v) is 13.4. The summed E-state index contributed by atoms with van der Waals surface area (Å²) in [4.78, 5) is 26.9. The number of halogens is 1. The third kappa shape index (κ3) is 1.55. The highest BCUT2D eigenvalue weighted by Crippen LogP contribution is 2.57. The number of imide groups is 1. The lowest BCUT2D eigenvalue weighted by atomic mass is 9.73. The fourth-order valence-corrected chi connectivity index (χ4v) is 4.15. The Morgan fingerprint density at radius 1 is 1.18 bits per heavy atom. The van der Waals surface area contributed by atoms with Crippen molar-refractivity contribution in [3.63, 3.8) is 0 Å². The summed E-state index contributed by atoms with van der Waals surface area (Å²) in [5.41, 5.74) is -1.36. The second-order valence-corrected chi connectivity index (χ2v) is 7.09. The van der Waals surface area contributed by atoms with E-state index in [0.29, 0.717) is 5.69 Å². The highest BCUT2D eigenvalue weighted by Gasteiger charge is 2.72. The summed E-state index contributed by atoms with van der Waals surface area (Å²) in [6.45, 7) is 1.48. The molecule has 114 valence electrons. The lowest BCUT2D eigenvalue weighted by Gasteiger charge is -2.26. The van der Waals surface area contributed by atoms with Gasteiger partial charge in [0.15, 0.2) is 0 Å². The van der Waals surface area contributed by atoms with Crippen LogP contribution < -0.4 is 4.90 Å². The summed E-state index contributed by atoms with van der Waals surface area (Å²) in [7, 11) is 0. The van der Waals surface area contributed by atoms with Crippen molar-refractivity contribution < 1.29 is 19.4 Å². The van der Waals surface area contributed by atoms with Crippen LogP contribution in [0.15, 0.2) is 40.9 Å². The fraction of sp³-hybridized carbons (Fsp3) is 0.375. The molecule has 2 amide bonds. The highest BCUT2D eigenvalue weighted by atomic mass is 79.9. The van der Waals surface area contributed by atoms with Crippen LogP contribution in [0.4, 0.5) is 5.69 Å². The molecule has 2 bridgehead atoms. The number of aliphatic hydroxyl groups excluding tert-OH is 1. The first-order chi connectivity index (χ1) is 10.4. The highest BCUT2D eigenvalue weighted by molar-refractivity contribution is 9.10. The number of carbonyl (C=O) groups excluding carboxylic acids is 2. The van der Waals surface area contributed by atoms with E-state index in [1.807, 2.05) is 0 Å². The maximum atomic E-state index is 12.8. The normalized spacial score (nSPS) is 39.0. The van der Waals surface area contributed by atoms with Gasteiger partial charge >= 0.3 is 0 Å². The van der Waals surface area contributed by atoms with Crippen LogP contribution in [-0.2, 0) is 14.3 Å². The average molecular weight is 364 g/mol. The van der Waals surface area contributed by atoms with Gasteiger partial charge in [0, 0.05) is 4.47 Å². The molecule has 0 radical (unpaired) electrons. The van der Waals surface area contributed by atoms with Gasteiger partial charge < -0.3 is 9.84 Å². The number of hydrogen-bond acceptors (Lipinski definition) is 4. The van der Waals surface area contributed by atoms with Gasteiger partial charge in [-0.3, -0.25) is 9.59 Å². The molecule has 3 aliphatic rings. The molecule has 1 N–H and O–H groups in total. The van der Waals surface area contributed by atoms with Crippen molar-refractivity contribution in [1.29, 1.82) is 0 Å². The maximum absolute atomic E-state index is 12.8. The van der Waals surface area contributed by atoms with Crippen molar-refractivity contribution in [1.82, 2.24) is 0 Å². The molecule has 0 spiro atoms. The van der Waals surface area contributed by atoms with Crippen molar-refractivity contribution in [2.75, 3.05) is 11.5 Å². The van der Waals surface area contributed by atoms with E-state index in [2.05, 4.69) is 15.9 Å². The van der Waals surface area contributed by atoms with Crippen LogP contribution in [0.2, 0.25) is 0 Å². The number of benzene rings is 1. The van der Waals surface area contributed by atoms with Crippen LogP contribution >= 0.6 is 15.9 Å². The van der Waals surface area contributed by atoms with Gasteiger partial charge in [-0.2, -0.15) is 0 Å². The van der Waals surface area contributed by atoms with Gasteiger partial charge in [-0.05, 0) is 31.2 Å². The second kappa shape index (κ2) is 4.28. The number of nitrogens with zero attached hydrogens (tertiary/aromatic N) is 1. The number of ether oxygens (including phenoxy) is 1. The van der Waals surface area contributed by atoms with Crippen LogP contribution in [0.25, 0.3) is 0 Å². The molecule has 0 saturated carbocycles. The van der Waals surface area contributed by atoms with Gasteiger partial charge in [-0.1, -0.05) is 28.1 Å². The van der Waals surface area contributed by atoms with E-state index in [0.717, 1.165) is 4.47 Å². The predicted molar refractivity (Wildman–Crippen MR) is 82.1 cm³/mol. The smallest absolute Gasteiger partial charge is 0.241 e. The van der Waals surface area contributed by atoms with E-state index in [-0.39, 0.29) is 18.4 Å². The molecule has 6 heteroatoms. The second-order valence-electron chi connectivity index (χ2n) is 6.18. The van der Waals surface area contributed by atoms with Gasteiger partial charge in [0.25, 0.3) is 0 Å². The molecule has 2 fully saturated rings. The predicted octanol–water partition coefficient (Wildman–Crippen LogP) is 1.64. The number of anilines is 1. The maximum Gasteiger partial charge on any atom is 0.241 e. The quantitative estimate of drug-likeness (QED) is 0.640. The summed E-state index contributed by atoms with van der Waals surface area (Å²) < 4.78 is 6.75. The lowest BCUT2D eigenvalue weighted by Crippen LogP contribution is -2.43. The van der Waals surface area contributed by atoms with Crippen molar-refractivity contribution in [2.45, 2.75) is 18.1 Å². The molecule has 0 aliphatic carbocycles. The summed E-state index contributed by atoms with van der Waals surface area (Å²) in [5.74, 6) is -1.82. The lowest BCUT2D eigenvalue weighted by molar-refractivity contribution is -0.131. The van der Waals surface area contributed by atoms with E-state index in [9.17, 15) is 14.7 Å². The molecule has 5 nitrogen and oxygen atoms in total. The Hall–Kier alpha value is -1.50. The van der Waals surface area contributed by atoms with E-state index in [1.165, 1.54) is 4.90 Å². The Labute approximate surface area is 135 Å². The van der Waals surface area contributed by atoms with E-state index in [1.54, 1.807) is 43.3 Å². The fourth-order valence-electron chi connectivity index (χ4n) is 3.89. The zero-order chi connectivity index (χ0) is 15.7. The number of fused-ring (bicyclic) bond motifs is 5. The molecule has 1 aromatic rings. The minimum Gasteiger partial charge on any atom is -0.393 e. The third-order valence-corrected chi connectivity index (χ3v) is 5.42. The molecule has 4 atom stereocenters.